The second kappa shape index (κ2) is 8.86. The van der Waals surface area contributed by atoms with Crippen molar-refractivity contribution in [2.24, 2.45) is 0 Å². The molecule has 1 N–H and O–H groups in total. The summed E-state index contributed by atoms with van der Waals surface area (Å²) in [4.78, 5) is 19.2. The Morgan fingerprint density at radius 3 is 2.52 bits per heavy atom. The number of nitrogens with zero attached hydrogens (tertiary/aromatic N) is 3. The number of nitrogens with one attached hydrogen (secondary N) is 1. The summed E-state index contributed by atoms with van der Waals surface area (Å²) in [5, 5.41) is 7.56. The van der Waals surface area contributed by atoms with Crippen LogP contribution in [0.3, 0.4) is 0 Å². The third-order valence-electron chi connectivity index (χ3n) is 4.33. The van der Waals surface area contributed by atoms with Gasteiger partial charge in [-0.1, -0.05) is 71.9 Å². The molecule has 0 fully saturated rings. The van der Waals surface area contributed by atoms with Gasteiger partial charge in [-0.05, 0) is 26.3 Å². The predicted molar refractivity (Wildman–Crippen MR) is 109 cm³/mol. The Kier molecular flexibility index (Phi) is 6.29. The van der Waals surface area contributed by atoms with E-state index in [0.717, 1.165) is 11.1 Å². The molecule has 1 amide bonds. The monoisotopic (exact) mass is 380 g/mol. The zero-order chi connectivity index (χ0) is 19.2. The van der Waals surface area contributed by atoms with Crippen LogP contribution in [-0.2, 0) is 11.3 Å². The molecule has 0 aliphatic heterocycles. The van der Waals surface area contributed by atoms with Crippen molar-refractivity contribution in [1.82, 2.24) is 20.1 Å². The van der Waals surface area contributed by atoms with Gasteiger partial charge in [-0.3, -0.25) is 9.89 Å². The Bertz CT molecular complexity index is 877. The fraction of sp³-hybridized carbons (Fsp3) is 0.286. The summed E-state index contributed by atoms with van der Waals surface area (Å²) in [6, 6.07) is 18.1. The molecule has 0 aliphatic rings. The van der Waals surface area contributed by atoms with Gasteiger partial charge in [-0.25, -0.2) is 4.98 Å². The zero-order valence-corrected chi connectivity index (χ0v) is 16.7. The summed E-state index contributed by atoms with van der Waals surface area (Å²) in [7, 11) is 0. The van der Waals surface area contributed by atoms with Crippen LogP contribution < -0.4 is 0 Å². The van der Waals surface area contributed by atoms with Crippen LogP contribution in [0.5, 0.6) is 0 Å². The van der Waals surface area contributed by atoms with Crippen molar-refractivity contribution in [2.45, 2.75) is 37.7 Å². The number of thioether (sulfide) groups is 1. The molecule has 3 rings (SSSR count). The maximum absolute atomic E-state index is 12.8. The number of hydrogen-bond donors (Lipinski definition) is 1. The average Bonchev–Trinajstić information content (AvgIpc) is 3.15. The van der Waals surface area contributed by atoms with Gasteiger partial charge < -0.3 is 4.90 Å². The van der Waals surface area contributed by atoms with E-state index in [9.17, 15) is 4.79 Å². The van der Waals surface area contributed by atoms with Crippen LogP contribution >= 0.6 is 11.8 Å². The molecule has 6 heteroatoms. The first-order valence-corrected chi connectivity index (χ1v) is 9.93. The van der Waals surface area contributed by atoms with E-state index in [-0.39, 0.29) is 11.2 Å². The van der Waals surface area contributed by atoms with Gasteiger partial charge in [0.05, 0.1) is 5.25 Å². The smallest absolute Gasteiger partial charge is 0.236 e. The topological polar surface area (TPSA) is 61.9 Å². The molecule has 140 valence electrons. The molecule has 1 atom stereocenters. The number of benzene rings is 2. The summed E-state index contributed by atoms with van der Waals surface area (Å²) in [6.07, 6.45) is 0. The van der Waals surface area contributed by atoms with E-state index >= 15 is 0 Å². The number of H-pyrrole nitrogens is 1. The van der Waals surface area contributed by atoms with Crippen molar-refractivity contribution in [3.8, 4) is 11.4 Å². The van der Waals surface area contributed by atoms with Crippen molar-refractivity contribution in [1.29, 1.82) is 0 Å². The summed E-state index contributed by atoms with van der Waals surface area (Å²) in [6.45, 7) is 7.24. The van der Waals surface area contributed by atoms with Crippen LogP contribution in [0.4, 0.5) is 0 Å². The third kappa shape index (κ3) is 4.98. The maximum Gasteiger partial charge on any atom is 0.236 e. The van der Waals surface area contributed by atoms with E-state index in [1.54, 1.807) is 0 Å². The van der Waals surface area contributed by atoms with Crippen LogP contribution in [0.25, 0.3) is 11.4 Å². The van der Waals surface area contributed by atoms with E-state index in [0.29, 0.717) is 24.1 Å². The second-order valence-electron chi connectivity index (χ2n) is 6.43. The van der Waals surface area contributed by atoms with Crippen molar-refractivity contribution in [3.05, 3.63) is 65.7 Å². The van der Waals surface area contributed by atoms with E-state index in [4.69, 9.17) is 0 Å². The fourth-order valence-electron chi connectivity index (χ4n) is 2.75. The molecule has 0 aliphatic carbocycles. The molecule has 0 saturated carbocycles. The molecule has 27 heavy (non-hydrogen) atoms. The van der Waals surface area contributed by atoms with Crippen LogP contribution in [-0.4, -0.2) is 37.8 Å². The Morgan fingerprint density at radius 1 is 1.15 bits per heavy atom. The molecular formula is C21H24N4OS. The van der Waals surface area contributed by atoms with Crippen molar-refractivity contribution < 1.29 is 4.79 Å². The Balaban J connectivity index is 1.64. The number of aromatic amines is 1. The number of amides is 1. The summed E-state index contributed by atoms with van der Waals surface area (Å²) in [5.74, 6) is 0.807. The molecule has 0 radical (unpaired) electrons. The highest BCUT2D eigenvalue weighted by molar-refractivity contribution is 8.00. The normalized spacial score (nSPS) is 12.0. The molecule has 3 aromatic rings. The molecule has 1 aromatic heterocycles. The Hall–Kier alpha value is -2.60. The molecular weight excluding hydrogens is 356 g/mol. The fourth-order valence-corrected chi connectivity index (χ4v) is 3.56. The van der Waals surface area contributed by atoms with Crippen LogP contribution in [0.1, 0.15) is 25.0 Å². The summed E-state index contributed by atoms with van der Waals surface area (Å²) in [5.41, 5.74) is 3.31. The minimum atomic E-state index is -0.254. The predicted octanol–water partition coefficient (Wildman–Crippen LogP) is 4.31. The number of aryl methyl sites for hydroxylation is 1. The van der Waals surface area contributed by atoms with Crippen molar-refractivity contribution in [2.75, 3.05) is 6.54 Å². The van der Waals surface area contributed by atoms with Crippen molar-refractivity contribution in [3.63, 3.8) is 0 Å². The minimum Gasteiger partial charge on any atom is -0.338 e. The second-order valence-corrected chi connectivity index (χ2v) is 7.74. The highest BCUT2D eigenvalue weighted by Crippen LogP contribution is 2.24. The lowest BCUT2D eigenvalue weighted by Crippen LogP contribution is -2.36. The van der Waals surface area contributed by atoms with Crippen LogP contribution in [0.2, 0.25) is 0 Å². The van der Waals surface area contributed by atoms with E-state index in [2.05, 4.69) is 15.2 Å². The lowest BCUT2D eigenvalue weighted by Gasteiger charge is -2.23. The van der Waals surface area contributed by atoms with Gasteiger partial charge in [0.2, 0.25) is 11.1 Å². The van der Waals surface area contributed by atoms with Crippen LogP contribution in [0, 0.1) is 6.92 Å². The third-order valence-corrected chi connectivity index (χ3v) is 5.28. The Labute approximate surface area is 164 Å². The lowest BCUT2D eigenvalue weighted by molar-refractivity contribution is -0.130. The standard InChI is InChI=1S/C21H24N4OS/c1-4-25(14-17-8-6-5-7-9-17)20(26)16(3)27-21-22-19(23-24-21)18-12-10-15(2)11-13-18/h5-13,16H,4,14H2,1-3H3,(H,22,23,24). The quantitative estimate of drug-likeness (QED) is 0.621. The highest BCUT2D eigenvalue weighted by Gasteiger charge is 2.22. The summed E-state index contributed by atoms with van der Waals surface area (Å²) < 4.78 is 0. The minimum absolute atomic E-state index is 0.0908. The van der Waals surface area contributed by atoms with Gasteiger partial charge >= 0.3 is 0 Å². The van der Waals surface area contributed by atoms with Gasteiger partial charge in [0.1, 0.15) is 0 Å². The van der Waals surface area contributed by atoms with E-state index < -0.39 is 0 Å². The first-order valence-electron chi connectivity index (χ1n) is 9.05. The summed E-state index contributed by atoms with van der Waals surface area (Å²) >= 11 is 1.38. The van der Waals surface area contributed by atoms with Crippen molar-refractivity contribution >= 4 is 17.7 Å². The van der Waals surface area contributed by atoms with Gasteiger partial charge in [0.25, 0.3) is 0 Å². The lowest BCUT2D eigenvalue weighted by atomic mass is 10.1. The number of carbonyl (C=O) groups is 1. The zero-order valence-electron chi connectivity index (χ0n) is 15.8. The molecule has 0 saturated heterocycles. The van der Waals surface area contributed by atoms with Crippen LogP contribution in [0.15, 0.2) is 59.8 Å². The first-order chi connectivity index (χ1) is 13.1. The Morgan fingerprint density at radius 2 is 1.85 bits per heavy atom. The molecule has 0 bridgehead atoms. The van der Waals surface area contributed by atoms with Gasteiger partial charge in [-0.2, -0.15) is 0 Å². The molecule has 0 spiro atoms. The molecule has 2 aromatic carbocycles. The number of aromatic nitrogens is 3. The SMILES string of the molecule is CCN(Cc1ccccc1)C(=O)C(C)Sc1n[nH]c(-c2ccc(C)cc2)n1. The highest BCUT2D eigenvalue weighted by atomic mass is 32.2. The first kappa shape index (κ1) is 19.2. The van der Waals surface area contributed by atoms with Gasteiger partial charge in [-0.15, -0.1) is 5.10 Å². The molecule has 5 nitrogen and oxygen atoms in total. The number of rotatable bonds is 7. The average molecular weight is 381 g/mol. The molecule has 1 unspecified atom stereocenters. The van der Waals surface area contributed by atoms with E-state index in [1.807, 2.05) is 80.3 Å². The number of hydrogen-bond acceptors (Lipinski definition) is 4. The number of carbonyl (C=O) groups excluding carboxylic acids is 1. The van der Waals surface area contributed by atoms with Gasteiger partial charge in [0.15, 0.2) is 5.82 Å². The molecule has 1 heterocycles. The van der Waals surface area contributed by atoms with E-state index in [1.165, 1.54) is 17.3 Å². The largest absolute Gasteiger partial charge is 0.338 e. The maximum atomic E-state index is 12.8. The van der Waals surface area contributed by atoms with Gasteiger partial charge in [0, 0.05) is 18.7 Å².